The van der Waals surface area contributed by atoms with Crippen molar-refractivity contribution in [2.24, 2.45) is 5.92 Å². The van der Waals surface area contributed by atoms with Crippen LogP contribution in [0.3, 0.4) is 0 Å². The van der Waals surface area contributed by atoms with E-state index in [9.17, 15) is 9.59 Å². The number of nitrogens with one attached hydrogen (secondary N) is 2. The van der Waals surface area contributed by atoms with Gasteiger partial charge >= 0.3 is 6.09 Å². The van der Waals surface area contributed by atoms with Crippen LogP contribution in [0.5, 0.6) is 0 Å². The first-order chi connectivity index (χ1) is 10.5. The molecule has 0 heterocycles. The molecule has 1 aliphatic rings. The Morgan fingerprint density at radius 2 is 1.95 bits per heavy atom. The van der Waals surface area contributed by atoms with Crippen molar-refractivity contribution in [3.63, 3.8) is 0 Å². The molecular formula is C17H24N2O3. The zero-order valence-electron chi connectivity index (χ0n) is 13.3. The van der Waals surface area contributed by atoms with Crippen LogP contribution in [0, 0.1) is 5.92 Å². The predicted octanol–water partition coefficient (Wildman–Crippen LogP) is 2.43. The number of hydrogen-bond acceptors (Lipinski definition) is 3. The Morgan fingerprint density at radius 1 is 1.27 bits per heavy atom. The van der Waals surface area contributed by atoms with Gasteiger partial charge in [-0.15, -0.1) is 0 Å². The number of benzene rings is 1. The molecule has 0 aromatic heterocycles. The van der Waals surface area contributed by atoms with E-state index >= 15 is 0 Å². The van der Waals surface area contributed by atoms with E-state index in [-0.39, 0.29) is 24.5 Å². The minimum absolute atomic E-state index is 0.00154. The third-order valence-electron chi connectivity index (χ3n) is 3.84. The fraction of sp³-hybridized carbons (Fsp3) is 0.529. The zero-order valence-corrected chi connectivity index (χ0v) is 13.3. The first kappa shape index (κ1) is 16.3. The molecule has 1 aromatic rings. The Kier molecular flexibility index (Phi) is 5.41. The molecule has 22 heavy (non-hydrogen) atoms. The molecule has 1 saturated carbocycles. The Morgan fingerprint density at radius 3 is 2.55 bits per heavy atom. The molecule has 3 atom stereocenters. The highest BCUT2D eigenvalue weighted by Gasteiger charge is 2.40. The summed E-state index contributed by atoms with van der Waals surface area (Å²) < 4.78 is 4.85. The first-order valence-corrected chi connectivity index (χ1v) is 7.81. The first-order valence-electron chi connectivity index (χ1n) is 7.81. The van der Waals surface area contributed by atoms with Gasteiger partial charge in [-0.3, -0.25) is 4.79 Å². The summed E-state index contributed by atoms with van der Waals surface area (Å²) >= 11 is 0. The van der Waals surface area contributed by atoms with Crippen LogP contribution in [0.4, 0.5) is 4.79 Å². The minimum Gasteiger partial charge on any atom is -0.450 e. The van der Waals surface area contributed by atoms with E-state index in [0.717, 1.165) is 6.42 Å². The van der Waals surface area contributed by atoms with Gasteiger partial charge in [-0.25, -0.2) is 4.79 Å². The summed E-state index contributed by atoms with van der Waals surface area (Å²) in [6.45, 7) is 5.83. The van der Waals surface area contributed by atoms with Gasteiger partial charge < -0.3 is 15.4 Å². The molecule has 1 aromatic carbocycles. The van der Waals surface area contributed by atoms with Crippen molar-refractivity contribution in [2.45, 2.75) is 45.2 Å². The van der Waals surface area contributed by atoms with Crippen LogP contribution in [0.15, 0.2) is 30.3 Å². The average molecular weight is 304 g/mol. The van der Waals surface area contributed by atoms with Crippen molar-refractivity contribution >= 4 is 12.0 Å². The molecule has 5 heteroatoms. The second-order valence-corrected chi connectivity index (χ2v) is 5.95. The Balaban J connectivity index is 1.88. The van der Waals surface area contributed by atoms with Crippen molar-refractivity contribution in [2.75, 3.05) is 6.61 Å². The summed E-state index contributed by atoms with van der Waals surface area (Å²) in [5.41, 5.74) is 1.24. The van der Waals surface area contributed by atoms with E-state index < -0.39 is 12.1 Å². The van der Waals surface area contributed by atoms with Gasteiger partial charge in [0.15, 0.2) is 0 Å². The van der Waals surface area contributed by atoms with E-state index in [2.05, 4.69) is 22.8 Å². The molecule has 2 amide bonds. The molecule has 5 nitrogen and oxygen atoms in total. The highest BCUT2D eigenvalue weighted by atomic mass is 16.5. The van der Waals surface area contributed by atoms with Crippen LogP contribution >= 0.6 is 0 Å². The van der Waals surface area contributed by atoms with E-state index in [0.29, 0.717) is 5.92 Å². The Hall–Kier alpha value is -2.04. The van der Waals surface area contributed by atoms with Crippen molar-refractivity contribution in [3.05, 3.63) is 35.9 Å². The standard InChI is InChI=1S/C17H24N2O3/c1-4-22-17(21)19-15(11(2)3)16(20)18-14-10-13(14)12-8-6-5-7-9-12/h5-9,11,13-15H,4,10H2,1-3H3,(H,18,20)(H,19,21). The van der Waals surface area contributed by atoms with Crippen molar-refractivity contribution in [3.8, 4) is 0 Å². The fourth-order valence-electron chi connectivity index (χ4n) is 2.53. The molecule has 0 spiro atoms. The number of alkyl carbamates (subject to hydrolysis) is 1. The van der Waals surface area contributed by atoms with Gasteiger partial charge in [0, 0.05) is 12.0 Å². The van der Waals surface area contributed by atoms with Gasteiger partial charge in [0.2, 0.25) is 5.91 Å². The van der Waals surface area contributed by atoms with Crippen LogP contribution < -0.4 is 10.6 Å². The molecule has 0 aliphatic heterocycles. The number of carbonyl (C=O) groups excluding carboxylic acids is 2. The molecule has 0 radical (unpaired) electrons. The summed E-state index contributed by atoms with van der Waals surface area (Å²) in [5.74, 6) is 0.227. The molecule has 0 saturated heterocycles. The summed E-state index contributed by atoms with van der Waals surface area (Å²) in [6, 6.07) is 9.73. The highest BCUT2D eigenvalue weighted by Crippen LogP contribution is 2.40. The maximum atomic E-state index is 12.4. The van der Waals surface area contributed by atoms with Crippen molar-refractivity contribution < 1.29 is 14.3 Å². The van der Waals surface area contributed by atoms with Crippen LogP contribution in [0.2, 0.25) is 0 Å². The molecular weight excluding hydrogens is 280 g/mol. The quantitative estimate of drug-likeness (QED) is 0.848. The van der Waals surface area contributed by atoms with Crippen LogP contribution in [0.1, 0.15) is 38.7 Å². The smallest absolute Gasteiger partial charge is 0.407 e. The van der Waals surface area contributed by atoms with Gasteiger partial charge in [0.1, 0.15) is 6.04 Å². The monoisotopic (exact) mass is 304 g/mol. The number of carbonyl (C=O) groups is 2. The average Bonchev–Trinajstić information content (AvgIpc) is 3.24. The van der Waals surface area contributed by atoms with Crippen LogP contribution in [0.25, 0.3) is 0 Å². The third-order valence-corrected chi connectivity index (χ3v) is 3.84. The summed E-state index contributed by atoms with van der Waals surface area (Å²) in [6.07, 6.45) is 0.395. The lowest BCUT2D eigenvalue weighted by Gasteiger charge is -2.21. The zero-order chi connectivity index (χ0) is 16.1. The normalized spacial score (nSPS) is 21.1. The maximum Gasteiger partial charge on any atom is 0.407 e. The van der Waals surface area contributed by atoms with E-state index in [4.69, 9.17) is 4.74 Å². The molecule has 2 rings (SSSR count). The highest BCUT2D eigenvalue weighted by molar-refractivity contribution is 5.86. The maximum absolute atomic E-state index is 12.4. The second-order valence-electron chi connectivity index (χ2n) is 5.95. The van der Waals surface area contributed by atoms with Gasteiger partial charge in [-0.2, -0.15) is 0 Å². The lowest BCUT2D eigenvalue weighted by Crippen LogP contribution is -2.50. The van der Waals surface area contributed by atoms with Gasteiger partial charge in [-0.05, 0) is 24.8 Å². The Labute approximate surface area is 131 Å². The van der Waals surface area contributed by atoms with Crippen molar-refractivity contribution in [1.29, 1.82) is 0 Å². The third kappa shape index (κ3) is 4.23. The number of ether oxygens (including phenoxy) is 1. The Bertz CT molecular complexity index is 516. The second kappa shape index (κ2) is 7.29. The minimum atomic E-state index is -0.573. The topological polar surface area (TPSA) is 67.4 Å². The molecule has 1 aliphatic carbocycles. The summed E-state index contributed by atoms with van der Waals surface area (Å²) in [4.78, 5) is 23.9. The summed E-state index contributed by atoms with van der Waals surface area (Å²) in [5, 5.41) is 5.65. The van der Waals surface area contributed by atoms with Crippen LogP contribution in [-0.4, -0.2) is 30.7 Å². The van der Waals surface area contributed by atoms with Gasteiger partial charge in [0.05, 0.1) is 6.61 Å². The SMILES string of the molecule is CCOC(=O)NC(C(=O)NC1CC1c1ccccc1)C(C)C. The van der Waals surface area contributed by atoms with E-state index in [1.54, 1.807) is 6.92 Å². The van der Waals surface area contributed by atoms with E-state index in [1.807, 2.05) is 32.0 Å². The van der Waals surface area contributed by atoms with Gasteiger partial charge in [0.25, 0.3) is 0 Å². The van der Waals surface area contributed by atoms with E-state index in [1.165, 1.54) is 5.56 Å². The van der Waals surface area contributed by atoms with Gasteiger partial charge in [-0.1, -0.05) is 44.2 Å². The summed E-state index contributed by atoms with van der Waals surface area (Å²) in [7, 11) is 0. The van der Waals surface area contributed by atoms with Crippen molar-refractivity contribution in [1.82, 2.24) is 10.6 Å². The molecule has 120 valence electrons. The number of amides is 2. The van der Waals surface area contributed by atoms with Crippen LogP contribution in [-0.2, 0) is 9.53 Å². The predicted molar refractivity (Wildman–Crippen MR) is 84.5 cm³/mol. The number of hydrogen-bond donors (Lipinski definition) is 2. The lowest BCUT2D eigenvalue weighted by atomic mass is 10.0. The molecule has 2 N–H and O–H groups in total. The molecule has 3 unspecified atom stereocenters. The molecule has 0 bridgehead atoms. The fourth-order valence-corrected chi connectivity index (χ4v) is 2.53. The number of rotatable bonds is 6. The molecule has 1 fully saturated rings. The largest absolute Gasteiger partial charge is 0.450 e. The lowest BCUT2D eigenvalue weighted by molar-refractivity contribution is -0.124.